The summed E-state index contributed by atoms with van der Waals surface area (Å²) in [5.41, 5.74) is 5.64. The van der Waals surface area contributed by atoms with Crippen molar-refractivity contribution in [2.75, 3.05) is 53.5 Å². The van der Waals surface area contributed by atoms with Crippen LogP contribution in [0.5, 0.6) is 0 Å². The summed E-state index contributed by atoms with van der Waals surface area (Å²) in [5.74, 6) is 0.490. The average molecular weight is 445 g/mol. The molecule has 3 unspecified atom stereocenters. The fourth-order valence-electron chi connectivity index (χ4n) is 2.14. The highest BCUT2D eigenvalue weighted by Crippen LogP contribution is 2.15. The van der Waals surface area contributed by atoms with Gasteiger partial charge in [0.2, 0.25) is 0 Å². The molecule has 0 aromatic carbocycles. The summed E-state index contributed by atoms with van der Waals surface area (Å²) in [7, 11) is 2.25. The van der Waals surface area contributed by atoms with Crippen molar-refractivity contribution in [3.8, 4) is 0 Å². The number of hydrogen-bond donors (Lipinski definition) is 3. The zero-order valence-electron chi connectivity index (χ0n) is 17.1. The monoisotopic (exact) mass is 444 g/mol. The van der Waals surface area contributed by atoms with E-state index in [0.717, 1.165) is 6.42 Å². The first-order valence-electron chi connectivity index (χ1n) is 8.97. The van der Waals surface area contributed by atoms with Crippen LogP contribution in [0.25, 0.3) is 0 Å². The van der Waals surface area contributed by atoms with E-state index < -0.39 is 8.80 Å². The second-order valence-electron chi connectivity index (χ2n) is 6.24. The van der Waals surface area contributed by atoms with Crippen molar-refractivity contribution in [2.24, 2.45) is 5.73 Å². The number of rotatable bonds is 16. The molecule has 0 aromatic heterocycles. The van der Waals surface area contributed by atoms with E-state index in [-0.39, 0.29) is 18.2 Å². The summed E-state index contributed by atoms with van der Waals surface area (Å²) in [6, 6.07) is 0.713. The Labute approximate surface area is 175 Å². The molecule has 3 N–H and O–H groups in total. The predicted molar refractivity (Wildman–Crippen MR) is 115 cm³/mol. The normalized spacial score (nSPS) is 15.2. The number of thiol groups is 1. The Kier molecular flexibility index (Phi) is 15.9. The van der Waals surface area contributed by atoms with E-state index in [9.17, 15) is 0 Å². The van der Waals surface area contributed by atoms with Gasteiger partial charge in [0, 0.05) is 45.8 Å². The molecule has 0 aliphatic rings. The van der Waals surface area contributed by atoms with Crippen LogP contribution in [0.3, 0.4) is 0 Å². The summed E-state index contributed by atoms with van der Waals surface area (Å²) >= 11 is 9.52. The van der Waals surface area contributed by atoms with E-state index >= 15 is 0 Å². The molecule has 3 atom stereocenters. The van der Waals surface area contributed by atoms with Crippen LogP contribution in [0.4, 0.5) is 0 Å². The summed E-state index contributed by atoms with van der Waals surface area (Å²) in [4.78, 5) is 0. The molecule has 0 saturated carbocycles. The third kappa shape index (κ3) is 13.0. The lowest BCUT2D eigenvalue weighted by Crippen LogP contribution is -2.42. The van der Waals surface area contributed by atoms with Crippen molar-refractivity contribution < 1.29 is 27.5 Å². The van der Waals surface area contributed by atoms with Gasteiger partial charge in [0.05, 0.1) is 25.9 Å². The average Bonchev–Trinajstić information content (AvgIpc) is 2.63. The molecule has 27 heavy (non-hydrogen) atoms. The van der Waals surface area contributed by atoms with Crippen molar-refractivity contribution in [3.63, 3.8) is 0 Å². The Bertz CT molecular complexity index is 384. The minimum Gasteiger partial charge on any atom is -0.464 e. The van der Waals surface area contributed by atoms with E-state index in [4.69, 9.17) is 45.4 Å². The number of ether oxygens (including phenoxy) is 3. The smallest absolute Gasteiger partial charge is 0.464 e. The molecule has 8 nitrogen and oxygen atoms in total. The zero-order valence-corrected chi connectivity index (χ0v) is 19.8. The standard InChI is InChI=1S/C16H36N2O6S2Si/c1-13(17)9-23-10-14(2)18-16(26)24-15(12-25)11-22-7-6-8-27(19-3,20-4)21-5/h13-15,25H,6-12,17H2,1-5H3,(H,18,26). The Hall–Kier alpha value is 0.0169. The fraction of sp³-hybridized carbons (Fsp3) is 0.938. The van der Waals surface area contributed by atoms with Gasteiger partial charge in [0.25, 0.3) is 5.17 Å². The molecule has 0 amide bonds. The summed E-state index contributed by atoms with van der Waals surface area (Å²) < 4.78 is 32.9. The van der Waals surface area contributed by atoms with Crippen LogP contribution in [0.15, 0.2) is 0 Å². The van der Waals surface area contributed by atoms with Crippen molar-refractivity contribution in [1.29, 1.82) is 0 Å². The van der Waals surface area contributed by atoms with Gasteiger partial charge in [-0.05, 0) is 32.5 Å². The Balaban J connectivity index is 4.01. The second kappa shape index (κ2) is 15.9. The van der Waals surface area contributed by atoms with Crippen LogP contribution in [0, 0.1) is 0 Å². The molecular formula is C16H36N2O6S2Si. The van der Waals surface area contributed by atoms with E-state index in [1.165, 1.54) is 0 Å². The number of nitrogens with two attached hydrogens (primary N) is 1. The molecule has 162 valence electrons. The first kappa shape index (κ1) is 27.0. The molecule has 0 bridgehead atoms. The number of thiocarbonyl (C=S) groups is 1. The van der Waals surface area contributed by atoms with Gasteiger partial charge in [0.15, 0.2) is 0 Å². The third-order valence-electron chi connectivity index (χ3n) is 3.60. The Morgan fingerprint density at radius 1 is 1.07 bits per heavy atom. The predicted octanol–water partition coefficient (Wildman–Crippen LogP) is 1.21. The summed E-state index contributed by atoms with van der Waals surface area (Å²) in [6.07, 6.45) is 0.525. The fourth-order valence-corrected chi connectivity index (χ4v) is 4.35. The van der Waals surface area contributed by atoms with Crippen molar-refractivity contribution >= 4 is 38.8 Å². The molecule has 0 saturated heterocycles. The second-order valence-corrected chi connectivity index (χ2v) is 10.1. The van der Waals surface area contributed by atoms with Gasteiger partial charge < -0.3 is 38.5 Å². The Morgan fingerprint density at radius 2 is 1.70 bits per heavy atom. The molecule has 0 fully saturated rings. The molecule has 11 heteroatoms. The highest BCUT2D eigenvalue weighted by molar-refractivity contribution is 7.80. The maximum atomic E-state index is 5.68. The molecule has 0 aliphatic heterocycles. The van der Waals surface area contributed by atoms with E-state index in [1.54, 1.807) is 21.3 Å². The van der Waals surface area contributed by atoms with Crippen LogP contribution in [-0.2, 0) is 27.5 Å². The molecular weight excluding hydrogens is 408 g/mol. The maximum absolute atomic E-state index is 5.68. The molecule has 0 aliphatic carbocycles. The summed E-state index contributed by atoms with van der Waals surface area (Å²) in [5, 5.41) is 3.38. The minimum atomic E-state index is -2.54. The van der Waals surface area contributed by atoms with Gasteiger partial charge in [-0.1, -0.05) is 0 Å². The van der Waals surface area contributed by atoms with Crippen molar-refractivity contribution in [2.45, 2.75) is 44.5 Å². The van der Waals surface area contributed by atoms with E-state index in [1.807, 2.05) is 13.8 Å². The molecule has 0 rings (SSSR count). The molecule has 0 radical (unpaired) electrons. The van der Waals surface area contributed by atoms with E-state index in [2.05, 4.69) is 17.9 Å². The lowest BCUT2D eigenvalue weighted by molar-refractivity contribution is 0.0501. The molecule has 0 spiro atoms. The third-order valence-corrected chi connectivity index (χ3v) is 7.05. The number of hydrogen-bond acceptors (Lipinski definition) is 9. The van der Waals surface area contributed by atoms with Crippen molar-refractivity contribution in [1.82, 2.24) is 5.32 Å². The number of nitrogens with one attached hydrogen (secondary N) is 1. The van der Waals surface area contributed by atoms with Gasteiger partial charge in [-0.3, -0.25) is 0 Å². The minimum absolute atomic E-state index is 0.00982. The van der Waals surface area contributed by atoms with Gasteiger partial charge in [-0.15, -0.1) is 0 Å². The quantitative estimate of drug-likeness (QED) is 0.141. The Morgan fingerprint density at radius 3 is 2.22 bits per heavy atom. The maximum Gasteiger partial charge on any atom is 0.500 e. The topological polar surface area (TPSA) is 93.4 Å². The highest BCUT2D eigenvalue weighted by Gasteiger charge is 2.36. The highest BCUT2D eigenvalue weighted by atomic mass is 32.1. The van der Waals surface area contributed by atoms with Crippen LogP contribution in [0.2, 0.25) is 6.04 Å². The van der Waals surface area contributed by atoms with Crippen LogP contribution >= 0.6 is 24.8 Å². The molecule has 0 heterocycles. The van der Waals surface area contributed by atoms with Gasteiger partial charge in [-0.25, -0.2) is 0 Å². The largest absolute Gasteiger partial charge is 0.500 e. The van der Waals surface area contributed by atoms with Gasteiger partial charge in [0.1, 0.15) is 6.10 Å². The SMILES string of the molecule is CO[Si](CCCOCC(CS)OC(=S)NC(C)COCC(C)N)(OC)OC. The first-order chi connectivity index (χ1) is 12.8. The zero-order chi connectivity index (χ0) is 20.7. The van der Waals surface area contributed by atoms with Crippen molar-refractivity contribution in [3.05, 3.63) is 0 Å². The van der Waals surface area contributed by atoms with Gasteiger partial charge >= 0.3 is 8.80 Å². The van der Waals surface area contributed by atoms with E-state index in [0.29, 0.717) is 43.4 Å². The first-order valence-corrected chi connectivity index (χ1v) is 11.9. The lowest BCUT2D eigenvalue weighted by atomic mass is 10.3. The van der Waals surface area contributed by atoms with Crippen LogP contribution < -0.4 is 11.1 Å². The lowest BCUT2D eigenvalue weighted by Gasteiger charge is -2.24. The van der Waals surface area contributed by atoms with Gasteiger partial charge in [-0.2, -0.15) is 12.6 Å². The molecule has 0 aromatic rings. The van der Waals surface area contributed by atoms with Crippen LogP contribution in [-0.4, -0.2) is 85.7 Å². The van der Waals surface area contributed by atoms with Crippen LogP contribution in [0.1, 0.15) is 20.3 Å². The summed E-state index contributed by atoms with van der Waals surface area (Å²) in [6.45, 7) is 5.79.